The molecule has 0 aliphatic rings. The van der Waals surface area contributed by atoms with Gasteiger partial charge < -0.3 is 10.2 Å². The average molecular weight is 384 g/mol. The fourth-order valence-corrected chi connectivity index (χ4v) is 3.72. The van der Waals surface area contributed by atoms with E-state index in [-0.39, 0.29) is 9.37 Å². The molecule has 7 nitrogen and oxygen atoms in total. The molecule has 1 unspecified atom stereocenters. The lowest BCUT2D eigenvalue weighted by Gasteiger charge is -2.14. The summed E-state index contributed by atoms with van der Waals surface area (Å²) in [5, 5.41) is 17.4. The van der Waals surface area contributed by atoms with Crippen molar-refractivity contribution < 1.29 is 32.6 Å². The molecule has 0 amide bonds. The van der Waals surface area contributed by atoms with Crippen LogP contribution in [0.3, 0.4) is 0 Å². The lowest BCUT2D eigenvalue weighted by Crippen LogP contribution is -2.41. The van der Waals surface area contributed by atoms with Crippen LogP contribution in [0.1, 0.15) is 12.8 Å². The molecule has 21 heavy (non-hydrogen) atoms. The van der Waals surface area contributed by atoms with E-state index in [0.717, 1.165) is 18.2 Å². The number of sulfonamides is 1. The van der Waals surface area contributed by atoms with Crippen LogP contribution in [-0.4, -0.2) is 36.6 Å². The van der Waals surface area contributed by atoms with Gasteiger partial charge in [0.15, 0.2) is 0 Å². The van der Waals surface area contributed by atoms with Crippen LogP contribution in [0.25, 0.3) is 0 Å². The van der Waals surface area contributed by atoms with E-state index in [1.165, 1.54) is 0 Å². The lowest BCUT2D eigenvalue weighted by molar-refractivity contribution is -0.140. The second-order valence-electron chi connectivity index (χ2n) is 4.02. The number of carboxylic acids is 2. The summed E-state index contributed by atoms with van der Waals surface area (Å²) >= 11 is 2.87. The predicted octanol–water partition coefficient (Wildman–Crippen LogP) is 1.18. The molecule has 0 saturated carbocycles. The van der Waals surface area contributed by atoms with Crippen molar-refractivity contribution in [2.45, 2.75) is 23.8 Å². The zero-order valence-corrected chi connectivity index (χ0v) is 12.8. The molecule has 1 rings (SSSR count). The van der Waals surface area contributed by atoms with Crippen molar-refractivity contribution >= 4 is 37.9 Å². The Hall–Kier alpha value is -1.52. The molecular formula is C11H11BrFNO6S. The minimum Gasteiger partial charge on any atom is -0.481 e. The Morgan fingerprint density at radius 1 is 1.33 bits per heavy atom. The van der Waals surface area contributed by atoms with E-state index in [1.54, 1.807) is 0 Å². The summed E-state index contributed by atoms with van der Waals surface area (Å²) in [5.41, 5.74) is 0. The number of nitrogens with one attached hydrogen (secondary N) is 1. The summed E-state index contributed by atoms with van der Waals surface area (Å²) in [4.78, 5) is 21.1. The van der Waals surface area contributed by atoms with E-state index >= 15 is 0 Å². The number of rotatable bonds is 7. The van der Waals surface area contributed by atoms with Crippen molar-refractivity contribution in [1.29, 1.82) is 0 Å². The van der Waals surface area contributed by atoms with Crippen LogP contribution in [0.2, 0.25) is 0 Å². The third-order valence-electron chi connectivity index (χ3n) is 2.43. The SMILES string of the molecule is O=C(O)CCC(NS(=O)(=O)c1ccc(F)cc1Br)C(=O)O. The van der Waals surface area contributed by atoms with Crippen LogP contribution in [0.5, 0.6) is 0 Å². The van der Waals surface area contributed by atoms with E-state index < -0.39 is 46.7 Å². The van der Waals surface area contributed by atoms with Gasteiger partial charge in [-0.3, -0.25) is 9.59 Å². The molecule has 0 aliphatic heterocycles. The Morgan fingerprint density at radius 3 is 2.43 bits per heavy atom. The molecule has 1 atom stereocenters. The van der Waals surface area contributed by atoms with Gasteiger partial charge in [0.05, 0.1) is 4.90 Å². The molecule has 1 aromatic carbocycles. The second-order valence-corrected chi connectivity index (χ2v) is 6.56. The quantitative estimate of drug-likeness (QED) is 0.649. The molecule has 3 N–H and O–H groups in total. The minimum atomic E-state index is -4.24. The maximum Gasteiger partial charge on any atom is 0.321 e. The third-order valence-corrected chi connectivity index (χ3v) is 4.87. The molecule has 0 radical (unpaired) electrons. The normalized spacial score (nSPS) is 12.9. The smallest absolute Gasteiger partial charge is 0.321 e. The predicted molar refractivity (Wildman–Crippen MR) is 72.7 cm³/mol. The first-order chi connectivity index (χ1) is 9.63. The molecule has 0 aliphatic carbocycles. The Morgan fingerprint density at radius 2 is 1.95 bits per heavy atom. The monoisotopic (exact) mass is 383 g/mol. The maximum atomic E-state index is 12.9. The highest BCUT2D eigenvalue weighted by atomic mass is 79.9. The van der Waals surface area contributed by atoms with Gasteiger partial charge in [-0.1, -0.05) is 0 Å². The van der Waals surface area contributed by atoms with Gasteiger partial charge in [-0.05, 0) is 40.5 Å². The van der Waals surface area contributed by atoms with Gasteiger partial charge in [0.25, 0.3) is 0 Å². The summed E-state index contributed by atoms with van der Waals surface area (Å²) in [5.74, 6) is -3.41. The van der Waals surface area contributed by atoms with Crippen molar-refractivity contribution in [1.82, 2.24) is 4.72 Å². The standard InChI is InChI=1S/C11H11BrFNO6S/c12-7-5-6(13)1-3-9(7)21(19,20)14-8(11(17)18)2-4-10(15)16/h1,3,5,8,14H,2,4H2,(H,15,16)(H,17,18). The number of benzene rings is 1. The van der Waals surface area contributed by atoms with E-state index in [4.69, 9.17) is 10.2 Å². The molecule has 0 fully saturated rings. The molecule has 0 aromatic heterocycles. The molecule has 0 heterocycles. The van der Waals surface area contributed by atoms with Gasteiger partial charge in [-0.2, -0.15) is 4.72 Å². The first-order valence-corrected chi connectivity index (χ1v) is 7.83. The van der Waals surface area contributed by atoms with Crippen molar-refractivity contribution in [2.24, 2.45) is 0 Å². The topological polar surface area (TPSA) is 121 Å². The number of aliphatic carboxylic acids is 2. The number of hydrogen-bond donors (Lipinski definition) is 3. The molecule has 116 valence electrons. The minimum absolute atomic E-state index is 0.0719. The molecule has 1 aromatic rings. The van der Waals surface area contributed by atoms with Crippen LogP contribution in [0, 0.1) is 5.82 Å². The largest absolute Gasteiger partial charge is 0.481 e. The Bertz CT molecular complexity index is 663. The Labute approximate surface area is 128 Å². The van der Waals surface area contributed by atoms with E-state index in [2.05, 4.69) is 15.9 Å². The number of carboxylic acid groups (broad SMARTS) is 2. The van der Waals surface area contributed by atoms with E-state index in [1.807, 2.05) is 4.72 Å². The van der Waals surface area contributed by atoms with Gasteiger partial charge >= 0.3 is 11.9 Å². The second kappa shape index (κ2) is 6.96. The van der Waals surface area contributed by atoms with Crippen molar-refractivity contribution in [3.8, 4) is 0 Å². The van der Waals surface area contributed by atoms with Gasteiger partial charge in [0.2, 0.25) is 10.0 Å². The zero-order valence-electron chi connectivity index (χ0n) is 10.4. The van der Waals surface area contributed by atoms with E-state index in [9.17, 15) is 22.4 Å². The highest BCUT2D eigenvalue weighted by Gasteiger charge is 2.27. The summed E-state index contributed by atoms with van der Waals surface area (Å²) in [6, 6.07) is 1.20. The fraction of sp³-hybridized carbons (Fsp3) is 0.273. The Kier molecular flexibility index (Phi) is 5.81. The summed E-state index contributed by atoms with van der Waals surface area (Å²) in [7, 11) is -4.24. The van der Waals surface area contributed by atoms with Crippen LogP contribution >= 0.6 is 15.9 Å². The fourth-order valence-electron chi connectivity index (χ4n) is 1.44. The molecule has 0 spiro atoms. The maximum absolute atomic E-state index is 12.9. The molecule has 0 bridgehead atoms. The number of halogens is 2. The first-order valence-electron chi connectivity index (χ1n) is 5.55. The third kappa shape index (κ3) is 5.06. The van der Waals surface area contributed by atoms with Crippen molar-refractivity contribution in [2.75, 3.05) is 0 Å². The summed E-state index contributed by atoms with van der Waals surface area (Å²) in [6.45, 7) is 0. The van der Waals surface area contributed by atoms with Gasteiger partial charge in [0.1, 0.15) is 11.9 Å². The summed E-state index contributed by atoms with van der Waals surface area (Å²) < 4.78 is 38.8. The van der Waals surface area contributed by atoms with Crippen molar-refractivity contribution in [3.63, 3.8) is 0 Å². The average Bonchev–Trinajstić information content (AvgIpc) is 2.33. The molecule has 10 heteroatoms. The Balaban J connectivity index is 3.00. The van der Waals surface area contributed by atoms with Gasteiger partial charge in [0, 0.05) is 10.9 Å². The van der Waals surface area contributed by atoms with Crippen LogP contribution in [-0.2, 0) is 19.6 Å². The molecule has 0 saturated heterocycles. The van der Waals surface area contributed by atoms with Gasteiger partial charge in [-0.25, -0.2) is 12.8 Å². The van der Waals surface area contributed by atoms with Crippen molar-refractivity contribution in [3.05, 3.63) is 28.5 Å². The number of hydrogen-bond acceptors (Lipinski definition) is 4. The summed E-state index contributed by atoms with van der Waals surface area (Å²) in [6.07, 6.45) is -0.924. The van der Waals surface area contributed by atoms with Crippen LogP contribution in [0.4, 0.5) is 4.39 Å². The van der Waals surface area contributed by atoms with Gasteiger partial charge in [-0.15, -0.1) is 0 Å². The highest BCUT2D eigenvalue weighted by Crippen LogP contribution is 2.23. The highest BCUT2D eigenvalue weighted by molar-refractivity contribution is 9.10. The lowest BCUT2D eigenvalue weighted by atomic mass is 10.2. The first kappa shape index (κ1) is 17.5. The zero-order chi connectivity index (χ0) is 16.2. The van der Waals surface area contributed by atoms with Crippen LogP contribution in [0.15, 0.2) is 27.6 Å². The van der Waals surface area contributed by atoms with E-state index in [0.29, 0.717) is 0 Å². The number of carbonyl (C=O) groups is 2. The molecular weight excluding hydrogens is 373 g/mol. The van der Waals surface area contributed by atoms with Crippen LogP contribution < -0.4 is 4.72 Å².